The quantitative estimate of drug-likeness (QED) is 0.803. The van der Waals surface area contributed by atoms with E-state index in [1.54, 1.807) is 24.3 Å². The van der Waals surface area contributed by atoms with Gasteiger partial charge in [-0.2, -0.15) is 4.68 Å². The van der Waals surface area contributed by atoms with Crippen molar-refractivity contribution in [2.24, 2.45) is 0 Å². The highest BCUT2D eigenvalue weighted by Crippen LogP contribution is 2.12. The van der Waals surface area contributed by atoms with Gasteiger partial charge in [0, 0.05) is 11.9 Å². The van der Waals surface area contributed by atoms with E-state index in [2.05, 4.69) is 10.1 Å². The minimum absolute atomic E-state index is 0.0324. The van der Waals surface area contributed by atoms with Gasteiger partial charge in [0.25, 0.3) is 0 Å². The summed E-state index contributed by atoms with van der Waals surface area (Å²) in [5.41, 5.74) is 0.0497. The molecule has 0 unspecified atom stereocenters. The van der Waals surface area contributed by atoms with Gasteiger partial charge >= 0.3 is 5.69 Å². The molecule has 5 nitrogen and oxygen atoms in total. The van der Waals surface area contributed by atoms with Gasteiger partial charge < -0.3 is 0 Å². The van der Waals surface area contributed by atoms with Crippen molar-refractivity contribution >= 4 is 17.4 Å². The topological polar surface area (TPSA) is 67.8 Å². The third-order valence-corrected chi connectivity index (χ3v) is 2.24. The maximum absolute atomic E-state index is 11.5. The molecule has 0 spiro atoms. The Balaban J connectivity index is 2.56. The Morgan fingerprint density at radius 2 is 2.25 bits per heavy atom. The van der Waals surface area contributed by atoms with Crippen LogP contribution >= 0.6 is 11.6 Å². The van der Waals surface area contributed by atoms with Crippen LogP contribution in [0, 0.1) is 0 Å². The molecular weight excluding hydrogens is 230 g/mol. The number of carbonyl (C=O) groups is 1. The number of Topliss-reactive ketones (excluding diaryl/α,β-unsaturated/α-hetero) is 1. The van der Waals surface area contributed by atoms with Crippen LogP contribution in [0.1, 0.15) is 17.5 Å². The molecule has 6 heteroatoms. The first-order valence-corrected chi connectivity index (χ1v) is 4.92. The van der Waals surface area contributed by atoms with Crippen molar-refractivity contribution < 1.29 is 4.79 Å². The van der Waals surface area contributed by atoms with Crippen LogP contribution in [0.2, 0.25) is 5.02 Å². The van der Waals surface area contributed by atoms with Crippen molar-refractivity contribution in [2.45, 2.75) is 6.92 Å². The SMILES string of the molecule is CC(=O)c1nn(-c2cccc(Cl)c2)c(=O)[nH]1. The lowest BCUT2D eigenvalue weighted by atomic mass is 10.3. The van der Waals surface area contributed by atoms with Gasteiger partial charge in [-0.3, -0.25) is 9.78 Å². The lowest BCUT2D eigenvalue weighted by Crippen LogP contribution is -2.15. The first-order chi connectivity index (χ1) is 7.58. The van der Waals surface area contributed by atoms with E-state index in [1.165, 1.54) is 6.92 Å². The highest BCUT2D eigenvalue weighted by molar-refractivity contribution is 6.30. The largest absolute Gasteiger partial charge is 0.348 e. The summed E-state index contributed by atoms with van der Waals surface area (Å²) in [6.45, 7) is 1.33. The van der Waals surface area contributed by atoms with E-state index >= 15 is 0 Å². The number of aromatic amines is 1. The third kappa shape index (κ3) is 1.90. The number of nitrogens with zero attached hydrogens (tertiary/aromatic N) is 2. The number of carbonyl (C=O) groups excluding carboxylic acids is 1. The predicted octanol–water partition coefficient (Wildman–Crippen LogP) is 1.42. The van der Waals surface area contributed by atoms with Gasteiger partial charge in [0.2, 0.25) is 0 Å². The average molecular weight is 238 g/mol. The Kier molecular flexibility index (Phi) is 2.62. The highest BCUT2D eigenvalue weighted by Gasteiger charge is 2.10. The molecule has 2 rings (SSSR count). The minimum atomic E-state index is -0.465. The van der Waals surface area contributed by atoms with Gasteiger partial charge in [-0.1, -0.05) is 17.7 Å². The molecule has 0 saturated heterocycles. The molecule has 0 amide bonds. The van der Waals surface area contributed by atoms with E-state index in [9.17, 15) is 9.59 Å². The number of H-pyrrole nitrogens is 1. The van der Waals surface area contributed by atoms with Crippen molar-refractivity contribution in [1.82, 2.24) is 14.8 Å². The first kappa shape index (κ1) is 10.6. The predicted molar refractivity (Wildman–Crippen MR) is 59.2 cm³/mol. The number of benzene rings is 1. The molecule has 0 saturated carbocycles. The van der Waals surface area contributed by atoms with Crippen molar-refractivity contribution in [3.63, 3.8) is 0 Å². The molecule has 1 aromatic heterocycles. The number of ketones is 1. The summed E-state index contributed by atoms with van der Waals surface area (Å²) in [6, 6.07) is 6.66. The number of aromatic nitrogens is 3. The molecule has 0 aliphatic heterocycles. The molecule has 0 aliphatic rings. The van der Waals surface area contributed by atoms with Gasteiger partial charge in [0.05, 0.1) is 5.69 Å². The van der Waals surface area contributed by atoms with E-state index < -0.39 is 5.69 Å². The van der Waals surface area contributed by atoms with Crippen molar-refractivity contribution in [3.8, 4) is 5.69 Å². The zero-order valence-corrected chi connectivity index (χ0v) is 9.15. The van der Waals surface area contributed by atoms with Crippen LogP contribution < -0.4 is 5.69 Å². The molecule has 0 aliphatic carbocycles. The summed E-state index contributed by atoms with van der Waals surface area (Å²) < 4.78 is 1.10. The van der Waals surface area contributed by atoms with Crippen LogP contribution in [-0.4, -0.2) is 20.5 Å². The molecule has 0 fully saturated rings. The van der Waals surface area contributed by atoms with Crippen molar-refractivity contribution in [1.29, 1.82) is 0 Å². The molecular formula is C10H8ClN3O2. The van der Waals surface area contributed by atoms with E-state index in [0.29, 0.717) is 10.7 Å². The average Bonchev–Trinajstić information content (AvgIpc) is 2.60. The Hall–Kier alpha value is -1.88. The van der Waals surface area contributed by atoms with Crippen LogP contribution in [0.25, 0.3) is 5.69 Å². The van der Waals surface area contributed by atoms with E-state index in [0.717, 1.165) is 4.68 Å². The normalized spacial score (nSPS) is 10.4. The van der Waals surface area contributed by atoms with Gasteiger partial charge in [-0.15, -0.1) is 5.10 Å². The molecule has 1 heterocycles. The molecule has 82 valence electrons. The van der Waals surface area contributed by atoms with Gasteiger partial charge in [-0.25, -0.2) is 4.79 Å². The number of rotatable bonds is 2. The Morgan fingerprint density at radius 1 is 1.50 bits per heavy atom. The Morgan fingerprint density at radius 3 is 2.81 bits per heavy atom. The molecule has 16 heavy (non-hydrogen) atoms. The Labute approximate surface area is 95.7 Å². The maximum atomic E-state index is 11.5. The number of hydrogen-bond donors (Lipinski definition) is 1. The van der Waals surface area contributed by atoms with Gasteiger partial charge in [-0.05, 0) is 18.2 Å². The molecule has 0 bridgehead atoms. The van der Waals surface area contributed by atoms with Crippen LogP contribution in [0.4, 0.5) is 0 Å². The zero-order valence-electron chi connectivity index (χ0n) is 8.40. The second-order valence-electron chi connectivity index (χ2n) is 3.23. The van der Waals surface area contributed by atoms with Crippen LogP contribution in [-0.2, 0) is 0 Å². The van der Waals surface area contributed by atoms with Crippen LogP contribution in [0.5, 0.6) is 0 Å². The van der Waals surface area contributed by atoms with Crippen molar-refractivity contribution in [3.05, 3.63) is 45.6 Å². The maximum Gasteiger partial charge on any atom is 0.348 e. The molecule has 0 radical (unpaired) electrons. The summed E-state index contributed by atoms with van der Waals surface area (Å²) >= 11 is 5.80. The van der Waals surface area contributed by atoms with Gasteiger partial charge in [0.15, 0.2) is 11.6 Å². The fourth-order valence-electron chi connectivity index (χ4n) is 1.27. The number of halogens is 1. The lowest BCUT2D eigenvalue weighted by molar-refractivity contribution is 0.100. The Bertz CT molecular complexity index is 600. The summed E-state index contributed by atoms with van der Waals surface area (Å²) in [5, 5.41) is 4.36. The molecule has 0 atom stereocenters. The minimum Gasteiger partial charge on any atom is -0.291 e. The smallest absolute Gasteiger partial charge is 0.291 e. The fraction of sp³-hybridized carbons (Fsp3) is 0.100. The molecule has 1 N–H and O–H groups in total. The summed E-state index contributed by atoms with van der Waals surface area (Å²) in [6.07, 6.45) is 0. The third-order valence-electron chi connectivity index (χ3n) is 2.00. The summed E-state index contributed by atoms with van der Waals surface area (Å²) in [5.74, 6) is -0.261. The standard InChI is InChI=1S/C10H8ClN3O2/c1-6(15)9-12-10(16)14(13-9)8-4-2-3-7(11)5-8/h2-5H,1H3,(H,12,13,16). The zero-order chi connectivity index (χ0) is 11.7. The number of nitrogens with one attached hydrogen (secondary N) is 1. The lowest BCUT2D eigenvalue weighted by Gasteiger charge is -1.98. The first-order valence-electron chi connectivity index (χ1n) is 4.54. The summed E-state index contributed by atoms with van der Waals surface area (Å²) in [4.78, 5) is 24.9. The van der Waals surface area contributed by atoms with E-state index in [4.69, 9.17) is 11.6 Å². The monoisotopic (exact) mass is 237 g/mol. The van der Waals surface area contributed by atoms with E-state index in [-0.39, 0.29) is 11.6 Å². The second-order valence-corrected chi connectivity index (χ2v) is 3.66. The van der Waals surface area contributed by atoms with Gasteiger partial charge in [0.1, 0.15) is 0 Å². The van der Waals surface area contributed by atoms with E-state index in [1.807, 2.05) is 0 Å². The molecule has 2 aromatic rings. The fourth-order valence-corrected chi connectivity index (χ4v) is 1.45. The van der Waals surface area contributed by atoms with Crippen LogP contribution in [0.15, 0.2) is 29.1 Å². The second kappa shape index (κ2) is 3.94. The number of hydrogen-bond acceptors (Lipinski definition) is 3. The highest BCUT2D eigenvalue weighted by atomic mass is 35.5. The molecule has 1 aromatic carbocycles. The van der Waals surface area contributed by atoms with Crippen molar-refractivity contribution in [2.75, 3.05) is 0 Å². The van der Waals surface area contributed by atoms with Crippen LogP contribution in [0.3, 0.4) is 0 Å². The summed E-state index contributed by atoms with van der Waals surface area (Å²) in [7, 11) is 0.